The molecule has 2 amide bonds. The highest BCUT2D eigenvalue weighted by molar-refractivity contribution is 6.22. The van der Waals surface area contributed by atoms with E-state index in [1.807, 2.05) is 25.7 Å². The third-order valence-electron chi connectivity index (χ3n) is 6.34. The number of rotatable bonds is 7. The van der Waals surface area contributed by atoms with E-state index in [0.29, 0.717) is 26.3 Å². The van der Waals surface area contributed by atoms with Gasteiger partial charge in [0.05, 0.1) is 25.1 Å². The first kappa shape index (κ1) is 25.1. The Labute approximate surface area is 207 Å². The maximum Gasteiger partial charge on any atom is 0.410 e. The lowest BCUT2D eigenvalue weighted by Gasteiger charge is -2.36. The Hall–Kier alpha value is -2.03. The van der Waals surface area contributed by atoms with E-state index in [2.05, 4.69) is 23.1 Å². The van der Waals surface area contributed by atoms with Crippen LogP contribution in [-0.2, 0) is 25.5 Å². The van der Waals surface area contributed by atoms with Gasteiger partial charge in [0.1, 0.15) is 5.60 Å². The normalized spacial score (nSPS) is 22.5. The highest BCUT2D eigenvalue weighted by Gasteiger charge is 2.39. The van der Waals surface area contributed by atoms with Gasteiger partial charge in [-0.05, 0) is 50.8 Å². The zero-order chi connectivity index (χ0) is 24.5. The zero-order valence-corrected chi connectivity index (χ0v) is 21.3. The van der Waals surface area contributed by atoms with Crippen LogP contribution in [0.25, 0.3) is 0 Å². The minimum Gasteiger partial charge on any atom is -0.444 e. The average Bonchev–Trinajstić information content (AvgIpc) is 3.59. The van der Waals surface area contributed by atoms with E-state index < -0.39 is 17.8 Å². The van der Waals surface area contributed by atoms with Crippen LogP contribution >= 0.6 is 11.6 Å². The van der Waals surface area contributed by atoms with Crippen molar-refractivity contribution in [1.29, 1.82) is 0 Å². The number of morpholine rings is 1. The van der Waals surface area contributed by atoms with Crippen LogP contribution in [0.15, 0.2) is 18.2 Å². The standard InChI is InChI=1S/C25H36ClN3O5/c1-25(2,3)34-24(31)28-10-12-33-22(16-28)23(30)29(18-6-7-18)14-17-5-8-19-20(26)15-27(9-11-32-4)21(19)13-17/h5,8,13,18,20,22H,6-7,9-12,14-16H2,1-4H3. The number of halogens is 1. The molecule has 8 nitrogen and oxygen atoms in total. The van der Waals surface area contributed by atoms with E-state index in [0.717, 1.165) is 42.7 Å². The fourth-order valence-corrected chi connectivity index (χ4v) is 4.83. The van der Waals surface area contributed by atoms with Crippen LogP contribution in [0.1, 0.15) is 50.1 Å². The van der Waals surface area contributed by atoms with E-state index in [1.54, 1.807) is 12.0 Å². The molecule has 2 fully saturated rings. The number of alkyl halides is 1. The molecular formula is C25H36ClN3O5. The Morgan fingerprint density at radius 3 is 2.68 bits per heavy atom. The van der Waals surface area contributed by atoms with Gasteiger partial charge in [-0.3, -0.25) is 4.79 Å². The molecule has 34 heavy (non-hydrogen) atoms. The summed E-state index contributed by atoms with van der Waals surface area (Å²) in [6.45, 7) is 9.12. The summed E-state index contributed by atoms with van der Waals surface area (Å²) in [4.78, 5) is 31.8. The zero-order valence-electron chi connectivity index (χ0n) is 20.6. The van der Waals surface area contributed by atoms with E-state index in [-0.39, 0.29) is 23.9 Å². The number of anilines is 1. The molecule has 0 spiro atoms. The summed E-state index contributed by atoms with van der Waals surface area (Å²) >= 11 is 6.56. The molecule has 3 aliphatic rings. The van der Waals surface area contributed by atoms with Crippen molar-refractivity contribution >= 4 is 29.3 Å². The van der Waals surface area contributed by atoms with Crippen LogP contribution < -0.4 is 4.90 Å². The number of carbonyl (C=O) groups excluding carboxylic acids is 2. The van der Waals surface area contributed by atoms with Crippen molar-refractivity contribution in [1.82, 2.24) is 9.80 Å². The number of benzene rings is 1. The van der Waals surface area contributed by atoms with Crippen LogP contribution in [0.5, 0.6) is 0 Å². The van der Waals surface area contributed by atoms with Gasteiger partial charge in [-0.25, -0.2) is 4.79 Å². The van der Waals surface area contributed by atoms with Gasteiger partial charge >= 0.3 is 6.09 Å². The molecule has 1 saturated carbocycles. The summed E-state index contributed by atoms with van der Waals surface area (Å²) in [7, 11) is 1.70. The number of nitrogens with zero attached hydrogens (tertiary/aromatic N) is 3. The van der Waals surface area contributed by atoms with Gasteiger partial charge in [0.25, 0.3) is 5.91 Å². The van der Waals surface area contributed by atoms with Crippen molar-refractivity contribution < 1.29 is 23.8 Å². The Morgan fingerprint density at radius 1 is 1.24 bits per heavy atom. The summed E-state index contributed by atoms with van der Waals surface area (Å²) in [6.07, 6.45) is 0.893. The van der Waals surface area contributed by atoms with Gasteiger partial charge < -0.3 is 28.9 Å². The lowest BCUT2D eigenvalue weighted by Crippen LogP contribution is -2.53. The molecule has 0 aromatic heterocycles. The van der Waals surface area contributed by atoms with Crippen molar-refractivity contribution in [2.75, 3.05) is 51.4 Å². The van der Waals surface area contributed by atoms with Crippen molar-refractivity contribution in [3.05, 3.63) is 29.3 Å². The maximum atomic E-state index is 13.5. The molecule has 0 radical (unpaired) electrons. The molecule has 2 aliphatic heterocycles. The first-order valence-corrected chi connectivity index (χ1v) is 12.5. The number of hydrogen-bond donors (Lipinski definition) is 0. The monoisotopic (exact) mass is 493 g/mol. The first-order chi connectivity index (χ1) is 16.2. The second-order valence-corrected chi connectivity index (χ2v) is 10.8. The molecular weight excluding hydrogens is 458 g/mol. The number of hydrogen-bond acceptors (Lipinski definition) is 6. The number of amides is 2. The fraction of sp³-hybridized carbons (Fsp3) is 0.680. The lowest BCUT2D eigenvalue weighted by molar-refractivity contribution is -0.150. The highest BCUT2D eigenvalue weighted by atomic mass is 35.5. The highest BCUT2D eigenvalue weighted by Crippen LogP contribution is 2.39. The second-order valence-electron chi connectivity index (χ2n) is 10.3. The molecule has 9 heteroatoms. The van der Waals surface area contributed by atoms with Gasteiger partial charge in [0.15, 0.2) is 6.10 Å². The largest absolute Gasteiger partial charge is 0.444 e. The van der Waals surface area contributed by atoms with Gasteiger partial charge in [-0.2, -0.15) is 0 Å². The second kappa shape index (κ2) is 10.3. The molecule has 1 aromatic rings. The van der Waals surface area contributed by atoms with E-state index in [4.69, 9.17) is 25.8 Å². The summed E-state index contributed by atoms with van der Waals surface area (Å²) in [5.41, 5.74) is 2.71. The number of methoxy groups -OCH3 is 1. The minimum atomic E-state index is -0.679. The van der Waals surface area contributed by atoms with E-state index >= 15 is 0 Å². The SMILES string of the molecule is COCCN1CC(Cl)c2ccc(CN(C(=O)C3CN(C(=O)OC(C)(C)C)CCO3)C3CC3)cc21. The molecule has 188 valence electrons. The lowest BCUT2D eigenvalue weighted by atomic mass is 10.1. The van der Waals surface area contributed by atoms with Gasteiger partial charge in [0, 0.05) is 45.0 Å². The predicted molar refractivity (Wildman–Crippen MR) is 130 cm³/mol. The predicted octanol–water partition coefficient (Wildman–Crippen LogP) is 3.56. The summed E-state index contributed by atoms with van der Waals surface area (Å²) < 4.78 is 16.6. The molecule has 2 unspecified atom stereocenters. The molecule has 4 rings (SSSR count). The molecule has 1 aliphatic carbocycles. The maximum absolute atomic E-state index is 13.5. The van der Waals surface area contributed by atoms with E-state index in [1.165, 1.54) is 0 Å². The number of ether oxygens (including phenoxy) is 3. The average molecular weight is 494 g/mol. The molecule has 2 heterocycles. The van der Waals surface area contributed by atoms with Crippen molar-refractivity contribution in [3.8, 4) is 0 Å². The van der Waals surface area contributed by atoms with Gasteiger partial charge in [-0.15, -0.1) is 11.6 Å². The number of carbonyl (C=O) groups is 2. The molecule has 0 N–H and O–H groups in total. The Morgan fingerprint density at radius 2 is 2.00 bits per heavy atom. The minimum absolute atomic E-state index is 0.0449. The van der Waals surface area contributed by atoms with Crippen molar-refractivity contribution in [2.24, 2.45) is 0 Å². The Bertz CT molecular complexity index is 901. The van der Waals surface area contributed by atoms with E-state index in [9.17, 15) is 9.59 Å². The summed E-state index contributed by atoms with van der Waals surface area (Å²) in [5, 5.41) is -0.0449. The Balaban J connectivity index is 1.45. The smallest absolute Gasteiger partial charge is 0.410 e. The van der Waals surface area contributed by atoms with Crippen molar-refractivity contribution in [2.45, 2.75) is 63.3 Å². The van der Waals surface area contributed by atoms with Crippen LogP contribution in [0.3, 0.4) is 0 Å². The third kappa shape index (κ3) is 5.96. The summed E-state index contributed by atoms with van der Waals surface area (Å²) in [6, 6.07) is 6.49. The van der Waals surface area contributed by atoms with Gasteiger partial charge in [-0.1, -0.05) is 12.1 Å². The molecule has 2 atom stereocenters. The first-order valence-electron chi connectivity index (χ1n) is 12.1. The van der Waals surface area contributed by atoms with Crippen LogP contribution in [0.4, 0.5) is 10.5 Å². The van der Waals surface area contributed by atoms with Crippen LogP contribution in [0.2, 0.25) is 0 Å². The van der Waals surface area contributed by atoms with Crippen LogP contribution in [-0.4, -0.2) is 86.0 Å². The molecule has 1 saturated heterocycles. The fourth-order valence-electron chi connectivity index (χ4n) is 4.48. The quantitative estimate of drug-likeness (QED) is 0.541. The van der Waals surface area contributed by atoms with Crippen LogP contribution in [0, 0.1) is 0 Å². The topological polar surface area (TPSA) is 71.6 Å². The summed E-state index contributed by atoms with van der Waals surface area (Å²) in [5.74, 6) is -0.0669. The van der Waals surface area contributed by atoms with Gasteiger partial charge in [0.2, 0.25) is 0 Å². The number of fused-ring (bicyclic) bond motifs is 1. The Kier molecular flexibility index (Phi) is 7.60. The van der Waals surface area contributed by atoms with Crippen molar-refractivity contribution in [3.63, 3.8) is 0 Å². The molecule has 0 bridgehead atoms. The third-order valence-corrected chi connectivity index (χ3v) is 6.71. The molecule has 1 aromatic carbocycles.